The molecule has 2 aromatic rings. The number of aryl methyl sites for hydroxylation is 1. The van der Waals surface area contributed by atoms with Gasteiger partial charge in [0, 0.05) is 15.6 Å². The lowest BCUT2D eigenvalue weighted by atomic mass is 10.1. The van der Waals surface area contributed by atoms with Crippen molar-refractivity contribution in [3.8, 4) is 11.3 Å². The molecule has 0 N–H and O–H groups in total. The first-order valence-electron chi connectivity index (χ1n) is 4.65. The Morgan fingerprint density at radius 1 is 0.875 bits per heavy atom. The van der Waals surface area contributed by atoms with Crippen molar-refractivity contribution in [1.82, 2.24) is 4.98 Å². The summed E-state index contributed by atoms with van der Waals surface area (Å²) < 4.78 is 0. The average Bonchev–Trinajstić information content (AvgIpc) is 2.14. The first kappa shape index (κ1) is 11.7. The molecule has 0 atom stereocenters. The molecule has 0 fully saturated rings. The molecular formula is C12H8Cl3N. The molecule has 4 heteroatoms. The van der Waals surface area contributed by atoms with Crippen molar-refractivity contribution in [2.75, 3.05) is 0 Å². The van der Waals surface area contributed by atoms with E-state index in [-0.39, 0.29) is 0 Å². The van der Waals surface area contributed by atoms with E-state index in [1.54, 1.807) is 12.1 Å². The van der Waals surface area contributed by atoms with Crippen LogP contribution in [0.2, 0.25) is 15.2 Å². The van der Waals surface area contributed by atoms with Crippen LogP contribution in [-0.2, 0) is 0 Å². The molecular weight excluding hydrogens is 264 g/mol. The lowest BCUT2D eigenvalue weighted by Crippen LogP contribution is -1.86. The highest BCUT2D eigenvalue weighted by Gasteiger charge is 2.04. The SMILES string of the molecule is Cc1cc(Cl)nc(-c2cc(Cl)cc(Cl)c2)c1. The van der Waals surface area contributed by atoms with E-state index in [0.29, 0.717) is 15.2 Å². The van der Waals surface area contributed by atoms with E-state index in [2.05, 4.69) is 4.98 Å². The molecule has 0 spiro atoms. The number of rotatable bonds is 1. The van der Waals surface area contributed by atoms with E-state index in [1.165, 1.54) is 0 Å². The molecule has 0 saturated carbocycles. The Morgan fingerprint density at radius 3 is 2.06 bits per heavy atom. The molecule has 0 amide bonds. The van der Waals surface area contributed by atoms with Gasteiger partial charge in [0.15, 0.2) is 0 Å². The lowest BCUT2D eigenvalue weighted by Gasteiger charge is -2.04. The minimum atomic E-state index is 0.464. The lowest BCUT2D eigenvalue weighted by molar-refractivity contribution is 1.29. The predicted octanol–water partition coefficient (Wildman–Crippen LogP) is 5.02. The second-order valence-corrected chi connectivity index (χ2v) is 4.77. The number of nitrogens with zero attached hydrogens (tertiary/aromatic N) is 1. The molecule has 82 valence electrons. The van der Waals surface area contributed by atoms with E-state index in [1.807, 2.05) is 25.1 Å². The topological polar surface area (TPSA) is 12.9 Å². The zero-order chi connectivity index (χ0) is 11.7. The fourth-order valence-corrected chi connectivity index (χ4v) is 2.26. The second kappa shape index (κ2) is 4.62. The number of hydrogen-bond donors (Lipinski definition) is 0. The van der Waals surface area contributed by atoms with Crippen molar-refractivity contribution in [3.05, 3.63) is 51.1 Å². The van der Waals surface area contributed by atoms with Gasteiger partial charge in [0.25, 0.3) is 0 Å². The van der Waals surface area contributed by atoms with Crippen molar-refractivity contribution in [1.29, 1.82) is 0 Å². The second-order valence-electron chi connectivity index (χ2n) is 3.51. The Hall–Kier alpha value is -0.760. The van der Waals surface area contributed by atoms with E-state index < -0.39 is 0 Å². The number of hydrogen-bond acceptors (Lipinski definition) is 1. The van der Waals surface area contributed by atoms with Gasteiger partial charge in [-0.2, -0.15) is 0 Å². The summed E-state index contributed by atoms with van der Waals surface area (Å²) in [6, 6.07) is 9.05. The summed E-state index contributed by atoms with van der Waals surface area (Å²) in [6.45, 7) is 1.96. The summed E-state index contributed by atoms with van der Waals surface area (Å²) in [7, 11) is 0. The monoisotopic (exact) mass is 271 g/mol. The van der Waals surface area contributed by atoms with Crippen molar-refractivity contribution < 1.29 is 0 Å². The van der Waals surface area contributed by atoms with Crippen molar-refractivity contribution in [3.63, 3.8) is 0 Å². The fourth-order valence-electron chi connectivity index (χ4n) is 1.47. The maximum atomic E-state index is 5.93. The Kier molecular flexibility index (Phi) is 3.38. The van der Waals surface area contributed by atoms with Crippen LogP contribution in [0.15, 0.2) is 30.3 Å². The maximum Gasteiger partial charge on any atom is 0.130 e. The molecule has 16 heavy (non-hydrogen) atoms. The quantitative estimate of drug-likeness (QED) is 0.664. The van der Waals surface area contributed by atoms with Crippen molar-refractivity contribution >= 4 is 34.8 Å². The standard InChI is InChI=1S/C12H8Cl3N/c1-7-2-11(16-12(15)3-7)8-4-9(13)6-10(14)5-8/h2-6H,1H3. The van der Waals surface area contributed by atoms with Gasteiger partial charge in [-0.05, 0) is 42.8 Å². The average molecular weight is 273 g/mol. The van der Waals surface area contributed by atoms with Crippen LogP contribution in [0.1, 0.15) is 5.56 Å². The van der Waals surface area contributed by atoms with Crippen LogP contribution in [0.5, 0.6) is 0 Å². The summed E-state index contributed by atoms with van der Waals surface area (Å²) in [4.78, 5) is 4.23. The molecule has 1 nitrogen and oxygen atoms in total. The van der Waals surface area contributed by atoms with Gasteiger partial charge in [0.05, 0.1) is 5.69 Å². The number of benzene rings is 1. The highest BCUT2D eigenvalue weighted by Crippen LogP contribution is 2.27. The zero-order valence-electron chi connectivity index (χ0n) is 8.47. The molecule has 1 aromatic carbocycles. The van der Waals surface area contributed by atoms with Crippen molar-refractivity contribution in [2.24, 2.45) is 0 Å². The normalized spacial score (nSPS) is 10.5. The van der Waals surface area contributed by atoms with Gasteiger partial charge in [0.1, 0.15) is 5.15 Å². The van der Waals surface area contributed by atoms with Gasteiger partial charge in [-0.15, -0.1) is 0 Å². The van der Waals surface area contributed by atoms with Crippen LogP contribution in [-0.4, -0.2) is 4.98 Å². The molecule has 0 aliphatic heterocycles. The summed E-state index contributed by atoms with van der Waals surface area (Å²) >= 11 is 17.8. The third-order valence-corrected chi connectivity index (χ3v) is 2.73. The molecule has 2 rings (SSSR count). The summed E-state index contributed by atoms with van der Waals surface area (Å²) in [5, 5.41) is 1.63. The minimum Gasteiger partial charge on any atom is -0.236 e. The molecule has 0 radical (unpaired) electrons. The van der Waals surface area contributed by atoms with E-state index in [9.17, 15) is 0 Å². The molecule has 0 bridgehead atoms. The first-order chi connectivity index (χ1) is 7.54. The predicted molar refractivity (Wildman–Crippen MR) is 69.4 cm³/mol. The third-order valence-electron chi connectivity index (χ3n) is 2.10. The van der Waals surface area contributed by atoms with Gasteiger partial charge < -0.3 is 0 Å². The Labute approximate surface area is 109 Å². The number of aromatic nitrogens is 1. The van der Waals surface area contributed by atoms with Crippen LogP contribution in [0, 0.1) is 6.92 Å². The summed E-state index contributed by atoms with van der Waals surface area (Å²) in [6.07, 6.45) is 0. The van der Waals surface area contributed by atoms with Gasteiger partial charge in [0.2, 0.25) is 0 Å². The summed E-state index contributed by atoms with van der Waals surface area (Å²) in [5.74, 6) is 0. The zero-order valence-corrected chi connectivity index (χ0v) is 10.7. The van der Waals surface area contributed by atoms with Crippen LogP contribution in [0.3, 0.4) is 0 Å². The Bertz CT molecular complexity index is 448. The molecule has 0 aliphatic carbocycles. The van der Waals surface area contributed by atoms with Crippen LogP contribution >= 0.6 is 34.8 Å². The number of pyridine rings is 1. The fraction of sp³-hybridized carbons (Fsp3) is 0.0833. The molecule has 0 aliphatic rings. The van der Waals surface area contributed by atoms with E-state index in [0.717, 1.165) is 16.8 Å². The first-order valence-corrected chi connectivity index (χ1v) is 5.78. The highest BCUT2D eigenvalue weighted by atomic mass is 35.5. The van der Waals surface area contributed by atoms with Gasteiger partial charge in [-0.3, -0.25) is 0 Å². The van der Waals surface area contributed by atoms with E-state index in [4.69, 9.17) is 34.8 Å². The maximum absolute atomic E-state index is 5.93. The van der Waals surface area contributed by atoms with Crippen LogP contribution in [0.4, 0.5) is 0 Å². The third kappa shape index (κ3) is 2.67. The smallest absolute Gasteiger partial charge is 0.130 e. The largest absolute Gasteiger partial charge is 0.236 e. The van der Waals surface area contributed by atoms with Gasteiger partial charge in [-0.25, -0.2) is 4.98 Å². The van der Waals surface area contributed by atoms with Crippen LogP contribution in [0.25, 0.3) is 11.3 Å². The van der Waals surface area contributed by atoms with Gasteiger partial charge >= 0.3 is 0 Å². The summed E-state index contributed by atoms with van der Waals surface area (Å²) in [5.41, 5.74) is 2.68. The molecule has 0 saturated heterocycles. The van der Waals surface area contributed by atoms with Crippen molar-refractivity contribution in [2.45, 2.75) is 6.92 Å². The minimum absolute atomic E-state index is 0.464. The number of halogens is 3. The highest BCUT2D eigenvalue weighted by molar-refractivity contribution is 6.35. The Balaban J connectivity index is 2.57. The van der Waals surface area contributed by atoms with E-state index >= 15 is 0 Å². The Morgan fingerprint density at radius 2 is 1.50 bits per heavy atom. The molecule has 0 unspecified atom stereocenters. The molecule has 1 aromatic heterocycles. The van der Waals surface area contributed by atoms with Crippen LogP contribution < -0.4 is 0 Å². The van der Waals surface area contributed by atoms with Gasteiger partial charge in [-0.1, -0.05) is 34.8 Å². The molecule has 1 heterocycles.